The van der Waals surface area contributed by atoms with Crippen molar-refractivity contribution in [2.45, 2.75) is 50.4 Å². The Kier molecular flexibility index (Phi) is 5.47. The number of ether oxygens (including phenoxy) is 1. The van der Waals surface area contributed by atoms with Gasteiger partial charge in [0, 0.05) is 12.5 Å². The maximum atomic E-state index is 12.2. The van der Waals surface area contributed by atoms with Crippen molar-refractivity contribution in [2.75, 3.05) is 13.7 Å². The van der Waals surface area contributed by atoms with Gasteiger partial charge in [0.15, 0.2) is 0 Å². The second-order valence-electron chi connectivity index (χ2n) is 8.02. The van der Waals surface area contributed by atoms with E-state index in [4.69, 9.17) is 4.74 Å². The number of benzene rings is 2. The molecule has 2 aromatic carbocycles. The normalized spacial score (nSPS) is 21.8. The number of nitrogens with one attached hydrogen (secondary N) is 1. The largest absolute Gasteiger partial charge is 0.497 e. The van der Waals surface area contributed by atoms with Gasteiger partial charge in [0.2, 0.25) is 5.91 Å². The lowest BCUT2D eigenvalue weighted by Gasteiger charge is -2.33. The summed E-state index contributed by atoms with van der Waals surface area (Å²) in [7, 11) is 1.73. The first-order valence-electron chi connectivity index (χ1n) is 10.2. The zero-order valence-electron chi connectivity index (χ0n) is 16.1. The number of hydrogen-bond acceptors (Lipinski definition) is 2. The fourth-order valence-electron chi connectivity index (χ4n) is 4.52. The van der Waals surface area contributed by atoms with Gasteiger partial charge in [0.25, 0.3) is 0 Å². The number of fused-ring (bicyclic) bond motifs is 1. The van der Waals surface area contributed by atoms with E-state index in [1.54, 1.807) is 7.11 Å². The lowest BCUT2D eigenvalue weighted by atomic mass is 9.73. The molecular weight excluding hydrogens is 334 g/mol. The number of carbonyl (C=O) groups excluding carboxylic acids is 1. The Morgan fingerprint density at radius 1 is 1.15 bits per heavy atom. The Hall–Kier alpha value is -2.29. The summed E-state index contributed by atoms with van der Waals surface area (Å²) < 4.78 is 5.47. The van der Waals surface area contributed by atoms with E-state index >= 15 is 0 Å². The van der Waals surface area contributed by atoms with Crippen molar-refractivity contribution in [1.82, 2.24) is 5.32 Å². The molecule has 27 heavy (non-hydrogen) atoms. The van der Waals surface area contributed by atoms with Gasteiger partial charge in [-0.1, -0.05) is 42.8 Å². The van der Waals surface area contributed by atoms with Crippen LogP contribution in [0, 0.1) is 5.92 Å². The van der Waals surface area contributed by atoms with Gasteiger partial charge < -0.3 is 10.1 Å². The van der Waals surface area contributed by atoms with Crippen LogP contribution in [0.1, 0.15) is 60.6 Å². The fraction of sp³-hybridized carbons (Fsp3) is 0.458. The molecule has 142 valence electrons. The van der Waals surface area contributed by atoms with Gasteiger partial charge in [-0.25, -0.2) is 0 Å². The van der Waals surface area contributed by atoms with Gasteiger partial charge in [0.1, 0.15) is 5.75 Å². The van der Waals surface area contributed by atoms with Crippen LogP contribution in [0.15, 0.2) is 48.5 Å². The van der Waals surface area contributed by atoms with Crippen LogP contribution < -0.4 is 10.1 Å². The molecule has 3 heteroatoms. The molecule has 2 aromatic rings. The molecule has 0 aromatic heterocycles. The van der Waals surface area contributed by atoms with E-state index in [0.29, 0.717) is 11.8 Å². The Morgan fingerprint density at radius 2 is 1.96 bits per heavy atom. The second kappa shape index (κ2) is 8.16. The Morgan fingerprint density at radius 3 is 2.67 bits per heavy atom. The lowest BCUT2D eigenvalue weighted by molar-refractivity contribution is -0.127. The predicted molar refractivity (Wildman–Crippen MR) is 108 cm³/mol. The molecule has 2 aliphatic carbocycles. The average Bonchev–Trinajstić information content (AvgIpc) is 2.66. The van der Waals surface area contributed by atoms with E-state index in [-0.39, 0.29) is 11.8 Å². The molecule has 2 atom stereocenters. The quantitative estimate of drug-likeness (QED) is 0.799. The molecule has 0 unspecified atom stereocenters. The second-order valence-corrected chi connectivity index (χ2v) is 8.02. The molecule has 1 fully saturated rings. The number of methoxy groups -OCH3 is 1. The van der Waals surface area contributed by atoms with Gasteiger partial charge in [-0.05, 0) is 72.8 Å². The number of hydrogen-bond donors (Lipinski definition) is 1. The van der Waals surface area contributed by atoms with E-state index in [1.165, 1.54) is 23.1 Å². The molecule has 3 nitrogen and oxygen atoms in total. The maximum Gasteiger partial charge on any atom is 0.223 e. The van der Waals surface area contributed by atoms with Crippen molar-refractivity contribution in [3.63, 3.8) is 0 Å². The highest BCUT2D eigenvalue weighted by molar-refractivity contribution is 5.79. The zero-order chi connectivity index (χ0) is 18.6. The van der Waals surface area contributed by atoms with Crippen LogP contribution in [0.5, 0.6) is 5.75 Å². The Labute approximate surface area is 162 Å². The van der Waals surface area contributed by atoms with Crippen molar-refractivity contribution in [3.8, 4) is 5.75 Å². The summed E-state index contributed by atoms with van der Waals surface area (Å²) >= 11 is 0. The molecule has 1 amide bonds. The molecule has 0 spiro atoms. The van der Waals surface area contributed by atoms with E-state index in [0.717, 1.165) is 44.4 Å². The summed E-state index contributed by atoms with van der Waals surface area (Å²) in [6.07, 6.45) is 6.52. The minimum absolute atomic E-state index is 0.252. The minimum Gasteiger partial charge on any atom is -0.497 e. The summed E-state index contributed by atoms with van der Waals surface area (Å²) in [5, 5.41) is 3.18. The standard InChI is InChI=1S/C24H29NO2/c1-27-22-11-10-19-14-21(17-6-3-2-4-7-17)15-20(23(19)16-22)12-13-25-24(26)18-8-5-9-18/h2-4,6-7,10-11,16,18,20-21H,5,8-9,12-15H2,1H3,(H,25,26)/t20-,21-/m1/s1. The molecule has 2 aliphatic rings. The summed E-state index contributed by atoms with van der Waals surface area (Å²) in [5.41, 5.74) is 4.24. The summed E-state index contributed by atoms with van der Waals surface area (Å²) in [5.74, 6) is 2.44. The maximum absolute atomic E-state index is 12.2. The highest BCUT2D eigenvalue weighted by Gasteiger charge is 2.29. The van der Waals surface area contributed by atoms with Gasteiger partial charge in [0.05, 0.1) is 7.11 Å². The molecule has 1 saturated carbocycles. The lowest BCUT2D eigenvalue weighted by Crippen LogP contribution is -2.35. The predicted octanol–water partition coefficient (Wildman–Crippen LogP) is 4.82. The van der Waals surface area contributed by atoms with E-state index in [9.17, 15) is 4.79 Å². The van der Waals surface area contributed by atoms with E-state index < -0.39 is 0 Å². The minimum atomic E-state index is 0.252. The first kappa shape index (κ1) is 18.1. The van der Waals surface area contributed by atoms with Crippen LogP contribution in [0.25, 0.3) is 0 Å². The molecule has 1 N–H and O–H groups in total. The third kappa shape index (κ3) is 4.02. The first-order chi connectivity index (χ1) is 13.2. The monoisotopic (exact) mass is 363 g/mol. The molecule has 4 rings (SSSR count). The van der Waals surface area contributed by atoms with Gasteiger partial charge in [-0.15, -0.1) is 0 Å². The smallest absolute Gasteiger partial charge is 0.223 e. The van der Waals surface area contributed by atoms with Crippen LogP contribution in [0.2, 0.25) is 0 Å². The van der Waals surface area contributed by atoms with Crippen LogP contribution in [-0.2, 0) is 11.2 Å². The van der Waals surface area contributed by atoms with Crippen LogP contribution in [0.4, 0.5) is 0 Å². The third-order valence-electron chi connectivity index (χ3n) is 6.37. The van der Waals surface area contributed by atoms with Gasteiger partial charge in [-0.2, -0.15) is 0 Å². The Bertz CT molecular complexity index is 782. The molecular formula is C24H29NO2. The van der Waals surface area contributed by atoms with Crippen molar-refractivity contribution in [2.24, 2.45) is 5.92 Å². The first-order valence-corrected chi connectivity index (χ1v) is 10.2. The van der Waals surface area contributed by atoms with Gasteiger partial charge >= 0.3 is 0 Å². The summed E-state index contributed by atoms with van der Waals surface area (Å²) in [6, 6.07) is 17.3. The SMILES string of the molecule is COc1ccc2c(c1)[C@H](CCNC(=O)C1CCC1)C[C@H](c1ccccc1)C2. The van der Waals surface area contributed by atoms with Crippen LogP contribution in [0.3, 0.4) is 0 Å². The summed E-state index contributed by atoms with van der Waals surface area (Å²) in [4.78, 5) is 12.2. The topological polar surface area (TPSA) is 38.3 Å². The molecule has 0 aliphatic heterocycles. The van der Waals surface area contributed by atoms with Crippen LogP contribution >= 0.6 is 0 Å². The number of rotatable bonds is 6. The third-order valence-corrected chi connectivity index (χ3v) is 6.37. The fourth-order valence-corrected chi connectivity index (χ4v) is 4.52. The van der Waals surface area contributed by atoms with E-state index in [1.807, 2.05) is 0 Å². The number of carbonyl (C=O) groups is 1. The molecule has 0 bridgehead atoms. The molecule has 0 radical (unpaired) electrons. The average molecular weight is 364 g/mol. The highest BCUT2D eigenvalue weighted by Crippen LogP contribution is 2.42. The van der Waals surface area contributed by atoms with Crippen molar-refractivity contribution in [3.05, 3.63) is 65.2 Å². The molecule has 0 saturated heterocycles. The van der Waals surface area contributed by atoms with Crippen molar-refractivity contribution in [1.29, 1.82) is 0 Å². The Balaban J connectivity index is 1.49. The van der Waals surface area contributed by atoms with E-state index in [2.05, 4.69) is 53.8 Å². The number of amides is 1. The van der Waals surface area contributed by atoms with Crippen LogP contribution in [-0.4, -0.2) is 19.6 Å². The van der Waals surface area contributed by atoms with Crippen molar-refractivity contribution >= 4 is 5.91 Å². The zero-order valence-corrected chi connectivity index (χ0v) is 16.1. The van der Waals surface area contributed by atoms with Crippen molar-refractivity contribution < 1.29 is 9.53 Å². The summed E-state index contributed by atoms with van der Waals surface area (Å²) in [6.45, 7) is 0.762. The van der Waals surface area contributed by atoms with Gasteiger partial charge in [-0.3, -0.25) is 4.79 Å². The highest BCUT2D eigenvalue weighted by atomic mass is 16.5. The molecule has 0 heterocycles.